The number of aromatic nitrogens is 2. The fraction of sp³-hybridized carbons (Fsp3) is 0.714. The number of aliphatic carboxylic acids is 1. The first kappa shape index (κ1) is 15.4. The van der Waals surface area contributed by atoms with Crippen molar-refractivity contribution in [3.63, 3.8) is 0 Å². The van der Waals surface area contributed by atoms with Crippen LogP contribution < -0.4 is 0 Å². The van der Waals surface area contributed by atoms with Crippen molar-refractivity contribution in [2.45, 2.75) is 44.3 Å². The molecule has 1 aliphatic rings. The smallest absolute Gasteiger partial charge is 0.313 e. The molecule has 0 aliphatic carbocycles. The summed E-state index contributed by atoms with van der Waals surface area (Å²) in [6.07, 6.45) is 2.93. The van der Waals surface area contributed by atoms with Gasteiger partial charge in [-0.3, -0.25) is 4.79 Å². The van der Waals surface area contributed by atoms with E-state index in [1.807, 2.05) is 6.20 Å². The minimum atomic E-state index is -0.813. The van der Waals surface area contributed by atoms with Crippen molar-refractivity contribution in [3.8, 4) is 0 Å². The summed E-state index contributed by atoms with van der Waals surface area (Å²) in [5.41, 5.74) is 1.16. The molecule has 5 nitrogen and oxygen atoms in total. The lowest BCUT2D eigenvalue weighted by Crippen LogP contribution is -2.20. The minimum absolute atomic E-state index is 0.0441. The molecule has 0 radical (unpaired) electrons. The van der Waals surface area contributed by atoms with Crippen LogP contribution in [0.2, 0.25) is 0 Å². The van der Waals surface area contributed by atoms with E-state index in [-0.39, 0.29) is 11.8 Å². The summed E-state index contributed by atoms with van der Waals surface area (Å²) >= 11 is 1.29. The summed E-state index contributed by atoms with van der Waals surface area (Å²) < 4.78 is 7.69. The molecule has 0 aromatic carbocycles. The maximum absolute atomic E-state index is 10.8. The lowest BCUT2D eigenvalue weighted by atomic mass is 9.99. The normalized spacial score (nSPS) is 20.5. The fourth-order valence-corrected chi connectivity index (χ4v) is 3.36. The van der Waals surface area contributed by atoms with E-state index >= 15 is 0 Å². The zero-order valence-corrected chi connectivity index (χ0v) is 13.0. The molecule has 2 heterocycles. The second-order valence-electron chi connectivity index (χ2n) is 5.54. The van der Waals surface area contributed by atoms with Gasteiger partial charge in [0.25, 0.3) is 0 Å². The van der Waals surface area contributed by atoms with Gasteiger partial charge in [0.1, 0.15) is 0 Å². The minimum Gasteiger partial charge on any atom is -0.481 e. The van der Waals surface area contributed by atoms with Gasteiger partial charge < -0.3 is 14.4 Å². The van der Waals surface area contributed by atoms with E-state index in [0.29, 0.717) is 11.8 Å². The SMILES string of the molecule is CC(C)c1cnc(SCC(=O)O)n1C(C)C1CCOC1. The lowest BCUT2D eigenvalue weighted by Gasteiger charge is -2.24. The Bertz CT molecular complexity index is 467. The Kier molecular flexibility index (Phi) is 5.10. The second kappa shape index (κ2) is 6.63. The van der Waals surface area contributed by atoms with E-state index in [4.69, 9.17) is 9.84 Å². The standard InChI is InChI=1S/C14H22N2O3S/c1-9(2)12-6-15-14(20-8-13(17)18)16(12)10(3)11-4-5-19-7-11/h6,9-11H,4-5,7-8H2,1-3H3,(H,17,18). The van der Waals surface area contributed by atoms with Gasteiger partial charge in [-0.05, 0) is 19.3 Å². The lowest BCUT2D eigenvalue weighted by molar-refractivity contribution is -0.133. The number of carboxylic acids is 1. The average Bonchev–Trinajstić information content (AvgIpc) is 3.04. The summed E-state index contributed by atoms with van der Waals surface area (Å²) in [6.45, 7) is 8.05. The quantitative estimate of drug-likeness (QED) is 0.818. The zero-order valence-electron chi connectivity index (χ0n) is 12.2. The highest BCUT2D eigenvalue weighted by Crippen LogP contribution is 2.33. The number of hydrogen-bond acceptors (Lipinski definition) is 4. The van der Waals surface area contributed by atoms with Crippen molar-refractivity contribution in [2.24, 2.45) is 5.92 Å². The molecule has 0 spiro atoms. The average molecular weight is 298 g/mol. The van der Waals surface area contributed by atoms with Crippen LogP contribution in [0.3, 0.4) is 0 Å². The van der Waals surface area contributed by atoms with Crippen LogP contribution >= 0.6 is 11.8 Å². The van der Waals surface area contributed by atoms with Crippen LogP contribution in [0.1, 0.15) is 44.8 Å². The molecule has 112 valence electrons. The molecule has 2 rings (SSSR count). The van der Waals surface area contributed by atoms with Crippen LogP contribution in [-0.2, 0) is 9.53 Å². The monoisotopic (exact) mass is 298 g/mol. The highest BCUT2D eigenvalue weighted by molar-refractivity contribution is 7.99. The van der Waals surface area contributed by atoms with Crippen molar-refractivity contribution in [1.29, 1.82) is 0 Å². The van der Waals surface area contributed by atoms with Gasteiger partial charge in [0, 0.05) is 30.5 Å². The Balaban J connectivity index is 2.25. The van der Waals surface area contributed by atoms with E-state index in [2.05, 4.69) is 30.3 Å². The van der Waals surface area contributed by atoms with Gasteiger partial charge in [-0.25, -0.2) is 4.98 Å². The number of carbonyl (C=O) groups is 1. The third-order valence-corrected chi connectivity index (χ3v) is 4.71. The summed E-state index contributed by atoms with van der Waals surface area (Å²) in [7, 11) is 0. The van der Waals surface area contributed by atoms with Crippen LogP contribution in [-0.4, -0.2) is 39.6 Å². The first-order chi connectivity index (χ1) is 9.50. The molecule has 20 heavy (non-hydrogen) atoms. The van der Waals surface area contributed by atoms with Crippen molar-refractivity contribution in [3.05, 3.63) is 11.9 Å². The molecule has 0 amide bonds. The molecule has 1 aliphatic heterocycles. The largest absolute Gasteiger partial charge is 0.481 e. The van der Waals surface area contributed by atoms with Gasteiger partial charge >= 0.3 is 5.97 Å². The molecule has 6 heteroatoms. The summed E-state index contributed by atoms with van der Waals surface area (Å²) in [6, 6.07) is 0.286. The highest BCUT2D eigenvalue weighted by Gasteiger charge is 2.27. The van der Waals surface area contributed by atoms with Crippen LogP contribution in [0.4, 0.5) is 0 Å². The molecule has 1 aromatic heterocycles. The third-order valence-electron chi connectivity index (χ3n) is 3.76. The van der Waals surface area contributed by atoms with E-state index < -0.39 is 5.97 Å². The Morgan fingerprint density at radius 2 is 2.35 bits per heavy atom. The summed E-state index contributed by atoms with van der Waals surface area (Å²) in [5, 5.41) is 9.66. The predicted octanol–water partition coefficient (Wildman–Crippen LogP) is 2.78. The van der Waals surface area contributed by atoms with Crippen LogP contribution in [0.15, 0.2) is 11.4 Å². The van der Waals surface area contributed by atoms with Gasteiger partial charge in [-0.1, -0.05) is 25.6 Å². The molecule has 1 aromatic rings. The molecule has 0 bridgehead atoms. The third kappa shape index (κ3) is 3.35. The Morgan fingerprint density at radius 3 is 2.90 bits per heavy atom. The van der Waals surface area contributed by atoms with Gasteiger partial charge in [0.15, 0.2) is 5.16 Å². The molecule has 1 N–H and O–H groups in total. The van der Waals surface area contributed by atoms with Gasteiger partial charge in [0.05, 0.1) is 12.4 Å². The van der Waals surface area contributed by atoms with Crippen molar-refractivity contribution >= 4 is 17.7 Å². The van der Waals surface area contributed by atoms with Gasteiger partial charge in [-0.15, -0.1) is 0 Å². The Labute approximate surface area is 123 Å². The van der Waals surface area contributed by atoms with Crippen molar-refractivity contribution in [2.75, 3.05) is 19.0 Å². The number of carboxylic acid groups (broad SMARTS) is 1. The number of nitrogens with zero attached hydrogens (tertiary/aromatic N) is 2. The Hall–Kier alpha value is -1.01. The van der Waals surface area contributed by atoms with Gasteiger partial charge in [0.2, 0.25) is 0 Å². The van der Waals surface area contributed by atoms with Crippen molar-refractivity contribution < 1.29 is 14.6 Å². The number of hydrogen-bond donors (Lipinski definition) is 1. The maximum Gasteiger partial charge on any atom is 0.313 e. The summed E-state index contributed by atoms with van der Waals surface area (Å²) in [5.74, 6) is 0.0763. The van der Waals surface area contributed by atoms with E-state index in [1.165, 1.54) is 11.8 Å². The molecular formula is C14H22N2O3S. The number of rotatable bonds is 6. The van der Waals surface area contributed by atoms with E-state index in [9.17, 15) is 4.79 Å². The van der Waals surface area contributed by atoms with E-state index in [1.54, 1.807) is 0 Å². The topological polar surface area (TPSA) is 64.3 Å². The van der Waals surface area contributed by atoms with Crippen molar-refractivity contribution in [1.82, 2.24) is 9.55 Å². The fourth-order valence-electron chi connectivity index (χ4n) is 2.57. The predicted molar refractivity (Wildman–Crippen MR) is 78.3 cm³/mol. The first-order valence-corrected chi connectivity index (χ1v) is 7.98. The maximum atomic E-state index is 10.8. The Morgan fingerprint density at radius 1 is 1.60 bits per heavy atom. The van der Waals surface area contributed by atoms with E-state index in [0.717, 1.165) is 30.5 Å². The number of ether oxygens (including phenoxy) is 1. The van der Waals surface area contributed by atoms with Gasteiger partial charge in [-0.2, -0.15) is 0 Å². The van der Waals surface area contributed by atoms with Crippen LogP contribution in [0, 0.1) is 5.92 Å². The molecule has 2 atom stereocenters. The number of imidazole rings is 1. The van der Waals surface area contributed by atoms with Crippen LogP contribution in [0.5, 0.6) is 0 Å². The first-order valence-electron chi connectivity index (χ1n) is 7.00. The molecule has 1 fully saturated rings. The second-order valence-corrected chi connectivity index (χ2v) is 6.48. The molecule has 1 saturated heterocycles. The molecular weight excluding hydrogens is 276 g/mol. The summed E-state index contributed by atoms with van der Waals surface area (Å²) in [4.78, 5) is 15.2. The number of thioether (sulfide) groups is 1. The van der Waals surface area contributed by atoms with Crippen LogP contribution in [0.25, 0.3) is 0 Å². The highest BCUT2D eigenvalue weighted by atomic mass is 32.2. The molecule has 2 unspecified atom stereocenters. The zero-order chi connectivity index (χ0) is 14.7. The molecule has 0 saturated carbocycles.